The fraction of sp³-hybridized carbons (Fsp3) is 0.183. The summed E-state index contributed by atoms with van der Waals surface area (Å²) in [6.07, 6.45) is 0. The number of furan rings is 1. The first-order chi connectivity index (χ1) is 31.8. The van der Waals surface area contributed by atoms with E-state index in [1.54, 1.807) is 11.3 Å². The van der Waals surface area contributed by atoms with Gasteiger partial charge in [-0.15, -0.1) is 11.3 Å². The third-order valence-electron chi connectivity index (χ3n) is 15.3. The van der Waals surface area contributed by atoms with E-state index in [1.807, 2.05) is 0 Å². The van der Waals surface area contributed by atoms with Crippen molar-refractivity contribution in [3.8, 4) is 38.5 Å². The van der Waals surface area contributed by atoms with E-state index in [9.17, 15) is 0 Å². The highest BCUT2D eigenvalue weighted by Gasteiger charge is 2.50. The van der Waals surface area contributed by atoms with Crippen LogP contribution in [-0.2, 0) is 16.2 Å². The highest BCUT2D eigenvalue weighted by Crippen LogP contribution is 2.59. The molecule has 3 aliphatic rings. The predicted molar refractivity (Wildman–Crippen MR) is 281 cm³/mol. The second-order valence-electron chi connectivity index (χ2n) is 21.5. The maximum absolute atomic E-state index is 6.81. The van der Waals surface area contributed by atoms with Crippen molar-refractivity contribution in [1.82, 2.24) is 9.55 Å². The molecule has 14 rings (SSSR count). The number of thiazole rings is 1. The molecule has 1 aliphatic carbocycles. The first-order valence-electron chi connectivity index (χ1n) is 23.4. The molecule has 0 radical (unpaired) electrons. The van der Waals surface area contributed by atoms with Gasteiger partial charge < -0.3 is 13.8 Å². The molecule has 8 aromatic carbocycles. The van der Waals surface area contributed by atoms with Gasteiger partial charge in [-0.25, -0.2) is 4.98 Å². The third kappa shape index (κ3) is 4.98. The Hall–Kier alpha value is -6.89. The molecule has 0 saturated carbocycles. The van der Waals surface area contributed by atoms with Gasteiger partial charge in [0, 0.05) is 55.1 Å². The number of rotatable bonds is 2. The number of benzene rings is 8. The minimum atomic E-state index is -0.274. The number of nitrogens with zero attached hydrogens (tertiary/aromatic N) is 3. The highest BCUT2D eigenvalue weighted by molar-refractivity contribution is 7.21. The standard InChI is InChI=1S/C60H48BN3OS/c1-58(2,3)34-22-25-36(26-23-34)64-46-29-39-37-18-13-15-21-48(37)65-49(39)30-41(46)52-51-38-19-12-14-20-42(38)60(7,8)54(51)53-40-28-35(59(4,5)6)24-27-45(40)63-47-32-50-44(31-43(47)61(64)55(52)56(53)63)62-57(66-50)33-16-10-9-11-17-33/h9-32H,1-8H3. The number of fused-ring (bicyclic) bond motifs is 17. The first-order valence-corrected chi connectivity index (χ1v) is 24.2. The lowest BCUT2D eigenvalue weighted by Gasteiger charge is -2.43. The van der Waals surface area contributed by atoms with Crippen LogP contribution in [0.4, 0.5) is 11.4 Å². The molecule has 6 heteroatoms. The van der Waals surface area contributed by atoms with E-state index >= 15 is 0 Å². The Morgan fingerprint density at radius 1 is 0.621 bits per heavy atom. The number of anilines is 2. The average Bonchev–Trinajstić information content (AvgIpc) is 4.05. The summed E-state index contributed by atoms with van der Waals surface area (Å²) in [7, 11) is 0. The van der Waals surface area contributed by atoms with Crippen LogP contribution in [0.25, 0.3) is 92.5 Å². The number of aromatic nitrogens is 2. The van der Waals surface area contributed by atoms with Gasteiger partial charge in [-0.1, -0.05) is 146 Å². The van der Waals surface area contributed by atoms with Gasteiger partial charge in [0.15, 0.2) is 0 Å². The Morgan fingerprint density at radius 3 is 2.14 bits per heavy atom. The molecule has 0 N–H and O–H groups in total. The smallest absolute Gasteiger partial charge is 0.333 e. The van der Waals surface area contributed by atoms with Crippen LogP contribution in [0, 0.1) is 0 Å². The number of para-hydroxylation sites is 1. The molecule has 4 nitrogen and oxygen atoms in total. The van der Waals surface area contributed by atoms with E-state index in [-0.39, 0.29) is 23.1 Å². The molecule has 0 amide bonds. The van der Waals surface area contributed by atoms with E-state index in [4.69, 9.17) is 9.40 Å². The van der Waals surface area contributed by atoms with Crippen molar-refractivity contribution in [2.45, 2.75) is 71.6 Å². The topological polar surface area (TPSA) is 34.2 Å². The van der Waals surface area contributed by atoms with Gasteiger partial charge in [-0.3, -0.25) is 0 Å². The van der Waals surface area contributed by atoms with Crippen LogP contribution < -0.4 is 15.7 Å². The molecule has 2 aliphatic heterocycles. The van der Waals surface area contributed by atoms with Crippen molar-refractivity contribution in [1.29, 1.82) is 0 Å². The molecule has 318 valence electrons. The van der Waals surface area contributed by atoms with Crippen LogP contribution >= 0.6 is 11.3 Å². The summed E-state index contributed by atoms with van der Waals surface area (Å²) >= 11 is 1.79. The molecule has 5 heterocycles. The van der Waals surface area contributed by atoms with Crippen molar-refractivity contribution in [2.75, 3.05) is 4.81 Å². The van der Waals surface area contributed by atoms with Gasteiger partial charge in [0.05, 0.1) is 21.3 Å². The van der Waals surface area contributed by atoms with E-state index in [1.165, 1.54) is 93.3 Å². The van der Waals surface area contributed by atoms with Crippen molar-refractivity contribution in [3.05, 3.63) is 168 Å². The van der Waals surface area contributed by atoms with Crippen molar-refractivity contribution < 1.29 is 4.42 Å². The summed E-state index contributed by atoms with van der Waals surface area (Å²) < 4.78 is 10.7. The molecule has 0 saturated heterocycles. The van der Waals surface area contributed by atoms with Gasteiger partial charge in [0.2, 0.25) is 0 Å². The predicted octanol–water partition coefficient (Wildman–Crippen LogP) is 15.1. The SMILES string of the molecule is CC(C)(C)c1ccc(N2B3c4cc5nc(-c6ccccc6)sc5cc4-n4c5ccc(C(C)(C)C)cc5c5c6c(c(c3c54)-c3cc4oc5ccccc5c4cc32)-c2ccccc2C6(C)C)cc1. The molecular weight excluding hydrogens is 822 g/mol. The number of hydrogen-bond donors (Lipinski definition) is 0. The zero-order valence-electron chi connectivity index (χ0n) is 38.6. The Morgan fingerprint density at radius 2 is 1.35 bits per heavy atom. The van der Waals surface area contributed by atoms with Gasteiger partial charge in [0.1, 0.15) is 16.2 Å². The van der Waals surface area contributed by atoms with Gasteiger partial charge in [0.25, 0.3) is 0 Å². The zero-order chi connectivity index (χ0) is 44.8. The fourth-order valence-corrected chi connectivity index (χ4v) is 13.1. The van der Waals surface area contributed by atoms with Crippen LogP contribution in [0.15, 0.2) is 150 Å². The van der Waals surface area contributed by atoms with Crippen LogP contribution in [0.2, 0.25) is 0 Å². The molecule has 0 bridgehead atoms. The summed E-state index contributed by atoms with van der Waals surface area (Å²) in [5.41, 5.74) is 23.1. The quantitative estimate of drug-likeness (QED) is 0.162. The second kappa shape index (κ2) is 12.7. The highest BCUT2D eigenvalue weighted by atomic mass is 32.1. The average molecular weight is 870 g/mol. The maximum atomic E-state index is 6.81. The van der Waals surface area contributed by atoms with Crippen LogP contribution in [0.5, 0.6) is 0 Å². The maximum Gasteiger partial charge on any atom is 0.333 e. The lowest BCUT2D eigenvalue weighted by atomic mass is 9.43. The molecule has 11 aromatic rings. The normalized spacial score (nSPS) is 14.7. The van der Waals surface area contributed by atoms with Gasteiger partial charge in [-0.05, 0) is 115 Å². The second-order valence-corrected chi connectivity index (χ2v) is 22.6. The Balaban J connectivity index is 1.22. The van der Waals surface area contributed by atoms with Crippen molar-refractivity contribution >= 4 is 94.4 Å². The number of hydrogen-bond acceptors (Lipinski definition) is 4. The lowest BCUT2D eigenvalue weighted by Crippen LogP contribution is -2.60. The summed E-state index contributed by atoms with van der Waals surface area (Å²) in [6, 6.07) is 54.8. The molecule has 66 heavy (non-hydrogen) atoms. The van der Waals surface area contributed by atoms with Gasteiger partial charge in [-0.2, -0.15) is 0 Å². The van der Waals surface area contributed by atoms with Gasteiger partial charge >= 0.3 is 6.85 Å². The lowest BCUT2D eigenvalue weighted by molar-refractivity contribution is 0.590. The van der Waals surface area contributed by atoms with E-state index in [0.29, 0.717) is 0 Å². The summed E-state index contributed by atoms with van der Waals surface area (Å²) in [5, 5.41) is 5.99. The van der Waals surface area contributed by atoms with Crippen LogP contribution in [0.1, 0.15) is 77.6 Å². The summed E-state index contributed by atoms with van der Waals surface area (Å²) in [6.45, 7) is 18.7. The van der Waals surface area contributed by atoms with Crippen molar-refractivity contribution in [2.24, 2.45) is 0 Å². The van der Waals surface area contributed by atoms with Crippen LogP contribution in [0.3, 0.4) is 0 Å². The third-order valence-corrected chi connectivity index (χ3v) is 16.3. The Kier molecular flexibility index (Phi) is 7.39. The molecule has 0 fully saturated rings. The zero-order valence-corrected chi connectivity index (χ0v) is 39.4. The van der Waals surface area contributed by atoms with E-state index in [2.05, 4.69) is 210 Å². The van der Waals surface area contributed by atoms with Crippen LogP contribution in [-0.4, -0.2) is 16.4 Å². The molecule has 0 spiro atoms. The molecule has 0 atom stereocenters. The minimum absolute atomic E-state index is 0.0106. The van der Waals surface area contributed by atoms with Crippen molar-refractivity contribution in [3.63, 3.8) is 0 Å². The monoisotopic (exact) mass is 869 g/mol. The fourth-order valence-electron chi connectivity index (χ4n) is 12.1. The molecular formula is C60H48BN3OS. The summed E-state index contributed by atoms with van der Waals surface area (Å²) in [5.74, 6) is 0. The minimum Gasteiger partial charge on any atom is -0.456 e. The summed E-state index contributed by atoms with van der Waals surface area (Å²) in [4.78, 5) is 8.09. The Labute approximate surface area is 389 Å². The largest absolute Gasteiger partial charge is 0.456 e. The van der Waals surface area contributed by atoms with E-state index in [0.717, 1.165) is 43.7 Å². The molecule has 0 unspecified atom stereocenters. The first kappa shape index (κ1) is 38.4. The molecule has 3 aromatic heterocycles. The van der Waals surface area contributed by atoms with E-state index < -0.39 is 0 Å². The Bertz CT molecular complexity index is 3930.